The minimum absolute atomic E-state index is 0.0360. The maximum Gasteiger partial charge on any atom is 0.335 e. The molecule has 2 saturated heterocycles. The van der Waals surface area contributed by atoms with Gasteiger partial charge in [-0.1, -0.05) is 34.4 Å². The van der Waals surface area contributed by atoms with E-state index in [2.05, 4.69) is 15.4 Å². The van der Waals surface area contributed by atoms with Gasteiger partial charge in [0.2, 0.25) is 0 Å². The van der Waals surface area contributed by atoms with Crippen LogP contribution in [0.2, 0.25) is 10.0 Å². The van der Waals surface area contributed by atoms with Gasteiger partial charge in [-0.05, 0) is 62.4 Å². The topological polar surface area (TPSA) is 78.6 Å². The SMILES string of the molecule is O=C(O)c1ccc(N2C3CC(NCc4c(-c5c(Cl)cccc5Cl)noc4C4CC4)CC2C3)c(F)c1. The number of hydrogen-bond donors (Lipinski definition) is 2. The van der Waals surface area contributed by atoms with Gasteiger partial charge in [0.1, 0.15) is 17.3 Å². The minimum atomic E-state index is -1.12. The molecule has 0 spiro atoms. The van der Waals surface area contributed by atoms with E-state index in [0.717, 1.165) is 49.5 Å². The number of aromatic nitrogens is 1. The second-order valence-electron chi connectivity index (χ2n) is 9.72. The van der Waals surface area contributed by atoms with Crippen LogP contribution in [0.4, 0.5) is 10.1 Å². The highest BCUT2D eigenvalue weighted by molar-refractivity contribution is 6.39. The second kappa shape index (κ2) is 8.80. The first-order valence-electron chi connectivity index (χ1n) is 11.9. The highest BCUT2D eigenvalue weighted by Crippen LogP contribution is 2.47. The number of carboxylic acids is 1. The monoisotopic (exact) mass is 515 g/mol. The summed E-state index contributed by atoms with van der Waals surface area (Å²) in [5.41, 5.74) is 2.85. The van der Waals surface area contributed by atoms with Gasteiger partial charge < -0.3 is 19.8 Å². The smallest absolute Gasteiger partial charge is 0.335 e. The van der Waals surface area contributed by atoms with Crippen LogP contribution >= 0.6 is 23.2 Å². The molecule has 4 fully saturated rings. The molecular formula is C26H24Cl2FN3O3. The maximum atomic E-state index is 14.7. The van der Waals surface area contributed by atoms with Crippen LogP contribution in [0.3, 0.4) is 0 Å². The molecule has 7 rings (SSSR count). The molecule has 0 radical (unpaired) electrons. The van der Waals surface area contributed by atoms with E-state index >= 15 is 0 Å². The predicted molar refractivity (Wildman–Crippen MR) is 132 cm³/mol. The molecular weight excluding hydrogens is 492 g/mol. The third kappa shape index (κ3) is 4.09. The Balaban J connectivity index is 1.18. The van der Waals surface area contributed by atoms with Crippen LogP contribution in [-0.4, -0.2) is 34.4 Å². The number of halogens is 3. The van der Waals surface area contributed by atoms with Crippen LogP contribution in [0, 0.1) is 5.82 Å². The molecule has 4 aliphatic rings. The molecule has 3 heterocycles. The summed E-state index contributed by atoms with van der Waals surface area (Å²) in [7, 11) is 0. The number of nitrogens with one attached hydrogen (secondary N) is 1. The molecule has 6 nitrogen and oxygen atoms in total. The standard InChI is InChI=1S/C26H24Cl2FN3O3/c27-19-2-1-3-20(28)23(19)24-18(25(35-31-24)13-4-5-13)12-30-15-9-16-11-17(10-15)32(16)22-7-6-14(26(33)34)8-21(22)29/h1-3,6-8,13,15-17,30H,4-5,9-12H2,(H,33,34). The molecule has 1 aromatic heterocycles. The van der Waals surface area contributed by atoms with Crippen LogP contribution in [0.5, 0.6) is 0 Å². The Labute approximate surface area is 212 Å². The first-order valence-corrected chi connectivity index (χ1v) is 12.6. The van der Waals surface area contributed by atoms with E-state index in [1.165, 1.54) is 6.07 Å². The van der Waals surface area contributed by atoms with Crippen molar-refractivity contribution in [2.75, 3.05) is 4.90 Å². The molecule has 35 heavy (non-hydrogen) atoms. The summed E-state index contributed by atoms with van der Waals surface area (Å²) in [6, 6.07) is 10.3. The average molecular weight is 516 g/mol. The Morgan fingerprint density at radius 2 is 1.86 bits per heavy atom. The fourth-order valence-electron chi connectivity index (χ4n) is 5.61. The highest BCUT2D eigenvalue weighted by Gasteiger charge is 2.46. The third-order valence-electron chi connectivity index (χ3n) is 7.45. The summed E-state index contributed by atoms with van der Waals surface area (Å²) in [5.74, 6) is -0.306. The maximum absolute atomic E-state index is 14.7. The summed E-state index contributed by atoms with van der Waals surface area (Å²) >= 11 is 12.9. The Morgan fingerprint density at radius 1 is 1.14 bits per heavy atom. The Morgan fingerprint density at radius 3 is 2.49 bits per heavy atom. The molecule has 2 aromatic carbocycles. The van der Waals surface area contributed by atoms with Gasteiger partial charge in [0.15, 0.2) is 0 Å². The second-order valence-corrected chi connectivity index (χ2v) is 10.5. The van der Waals surface area contributed by atoms with E-state index in [9.17, 15) is 9.18 Å². The minimum Gasteiger partial charge on any atom is -0.478 e. The van der Waals surface area contributed by atoms with E-state index in [4.69, 9.17) is 32.8 Å². The lowest BCUT2D eigenvalue weighted by atomic mass is 9.76. The average Bonchev–Trinajstić information content (AvgIpc) is 3.59. The molecule has 2 unspecified atom stereocenters. The summed E-state index contributed by atoms with van der Waals surface area (Å²) in [6.07, 6.45) is 4.95. The number of anilines is 1. The lowest BCUT2D eigenvalue weighted by Gasteiger charge is -2.57. The van der Waals surface area contributed by atoms with Gasteiger partial charge in [-0.25, -0.2) is 9.18 Å². The zero-order chi connectivity index (χ0) is 24.3. The molecule has 0 amide bonds. The number of carbonyl (C=O) groups is 1. The molecule has 2 N–H and O–H groups in total. The summed E-state index contributed by atoms with van der Waals surface area (Å²) in [6.45, 7) is 0.595. The van der Waals surface area contributed by atoms with Gasteiger partial charge in [-0.15, -0.1) is 0 Å². The number of carboxylic acid groups (broad SMARTS) is 1. The van der Waals surface area contributed by atoms with Crippen molar-refractivity contribution >= 4 is 34.9 Å². The van der Waals surface area contributed by atoms with Crippen LogP contribution in [0.25, 0.3) is 11.3 Å². The molecule has 2 atom stereocenters. The number of hydrogen-bond acceptors (Lipinski definition) is 5. The van der Waals surface area contributed by atoms with Crippen molar-refractivity contribution in [3.05, 3.63) is 69.1 Å². The predicted octanol–water partition coefficient (Wildman–Crippen LogP) is 6.26. The quantitative estimate of drug-likeness (QED) is 0.386. The van der Waals surface area contributed by atoms with Crippen LogP contribution < -0.4 is 10.2 Å². The van der Waals surface area contributed by atoms with E-state index in [1.807, 2.05) is 6.07 Å². The Bertz CT molecular complexity index is 1280. The number of benzene rings is 2. The number of nitrogens with zero attached hydrogens (tertiary/aromatic N) is 2. The summed E-state index contributed by atoms with van der Waals surface area (Å²) in [5, 5.41) is 18.2. The van der Waals surface area contributed by atoms with Crippen LogP contribution in [-0.2, 0) is 6.54 Å². The van der Waals surface area contributed by atoms with E-state index < -0.39 is 11.8 Å². The molecule has 2 aliphatic carbocycles. The lowest BCUT2D eigenvalue weighted by Crippen LogP contribution is -2.64. The van der Waals surface area contributed by atoms with E-state index in [1.54, 1.807) is 18.2 Å². The largest absolute Gasteiger partial charge is 0.478 e. The number of fused-ring (bicyclic) bond motifs is 2. The van der Waals surface area contributed by atoms with Gasteiger partial charge in [0.25, 0.3) is 0 Å². The molecule has 182 valence electrons. The highest BCUT2D eigenvalue weighted by atomic mass is 35.5. The third-order valence-corrected chi connectivity index (χ3v) is 8.08. The molecule has 2 bridgehead atoms. The first-order chi connectivity index (χ1) is 16.9. The molecule has 2 aliphatic heterocycles. The Hall–Kier alpha value is -2.61. The van der Waals surface area contributed by atoms with Crippen molar-refractivity contribution in [3.8, 4) is 11.3 Å². The number of piperidine rings is 1. The van der Waals surface area contributed by atoms with Crippen molar-refractivity contribution < 1.29 is 18.8 Å². The zero-order valence-corrected chi connectivity index (χ0v) is 20.3. The van der Waals surface area contributed by atoms with Crippen molar-refractivity contribution in [1.82, 2.24) is 10.5 Å². The van der Waals surface area contributed by atoms with Crippen molar-refractivity contribution in [1.29, 1.82) is 0 Å². The number of rotatable bonds is 7. The number of aromatic carboxylic acids is 1. The summed E-state index contributed by atoms with van der Waals surface area (Å²) in [4.78, 5) is 13.2. The molecule has 3 aromatic rings. The van der Waals surface area contributed by atoms with Gasteiger partial charge in [0, 0.05) is 41.7 Å². The van der Waals surface area contributed by atoms with E-state index in [0.29, 0.717) is 39.5 Å². The summed E-state index contributed by atoms with van der Waals surface area (Å²) < 4.78 is 20.4. The Kier molecular flexibility index (Phi) is 5.74. The normalized spacial score (nSPS) is 23.3. The van der Waals surface area contributed by atoms with Gasteiger partial charge >= 0.3 is 5.97 Å². The van der Waals surface area contributed by atoms with Crippen LogP contribution in [0.15, 0.2) is 40.9 Å². The van der Waals surface area contributed by atoms with Gasteiger partial charge in [-0.2, -0.15) is 0 Å². The molecule has 2 saturated carbocycles. The van der Waals surface area contributed by atoms with Gasteiger partial charge in [-0.3, -0.25) is 0 Å². The van der Waals surface area contributed by atoms with Crippen molar-refractivity contribution in [3.63, 3.8) is 0 Å². The lowest BCUT2D eigenvalue weighted by molar-refractivity contribution is 0.0696. The van der Waals surface area contributed by atoms with E-state index in [-0.39, 0.29) is 23.7 Å². The van der Waals surface area contributed by atoms with Gasteiger partial charge in [0.05, 0.1) is 21.3 Å². The zero-order valence-electron chi connectivity index (χ0n) is 18.8. The van der Waals surface area contributed by atoms with Crippen molar-refractivity contribution in [2.24, 2.45) is 0 Å². The van der Waals surface area contributed by atoms with Crippen molar-refractivity contribution in [2.45, 2.75) is 62.7 Å². The molecule has 9 heteroatoms. The first kappa shape index (κ1) is 22.8. The fourth-order valence-corrected chi connectivity index (χ4v) is 6.19. The fraction of sp³-hybridized carbons (Fsp3) is 0.385. The van der Waals surface area contributed by atoms with Crippen LogP contribution in [0.1, 0.15) is 59.7 Å².